The Balaban J connectivity index is 2.60. The molecule has 0 aliphatic heterocycles. The third-order valence-corrected chi connectivity index (χ3v) is 2.39. The number of aromatic nitrogens is 2. The Bertz CT molecular complexity index is 451. The van der Waals surface area contributed by atoms with E-state index in [1.54, 1.807) is 24.5 Å². The van der Waals surface area contributed by atoms with Crippen molar-refractivity contribution >= 4 is 17.9 Å². The monoisotopic (exact) mass is 206 g/mol. The standard InChI is InChI=1S/C10H7ClN2O/c11-10-7(6-14)2-1-3-9(10)8-4-12-13-5-8/h1-6H,(H,12,13). The molecule has 0 aliphatic rings. The zero-order valence-corrected chi connectivity index (χ0v) is 7.95. The molecule has 0 atom stereocenters. The first-order chi connectivity index (χ1) is 6.83. The van der Waals surface area contributed by atoms with E-state index in [1.807, 2.05) is 6.07 Å². The zero-order chi connectivity index (χ0) is 9.97. The first-order valence-electron chi connectivity index (χ1n) is 4.06. The molecule has 0 radical (unpaired) electrons. The highest BCUT2D eigenvalue weighted by Crippen LogP contribution is 2.28. The molecule has 0 bridgehead atoms. The predicted octanol–water partition coefficient (Wildman–Crippen LogP) is 2.54. The summed E-state index contributed by atoms with van der Waals surface area (Å²) in [4.78, 5) is 10.6. The van der Waals surface area contributed by atoms with E-state index in [9.17, 15) is 4.79 Å². The van der Waals surface area contributed by atoms with Crippen LogP contribution in [0.25, 0.3) is 11.1 Å². The van der Waals surface area contributed by atoms with Crippen molar-refractivity contribution in [1.29, 1.82) is 0 Å². The third-order valence-electron chi connectivity index (χ3n) is 1.96. The van der Waals surface area contributed by atoms with E-state index in [-0.39, 0.29) is 0 Å². The van der Waals surface area contributed by atoms with Gasteiger partial charge in [-0.25, -0.2) is 0 Å². The second kappa shape index (κ2) is 3.64. The van der Waals surface area contributed by atoms with Gasteiger partial charge in [-0.1, -0.05) is 29.8 Å². The maximum absolute atomic E-state index is 10.6. The number of benzene rings is 1. The molecule has 2 aromatic rings. The van der Waals surface area contributed by atoms with Crippen LogP contribution in [-0.4, -0.2) is 16.5 Å². The Hall–Kier alpha value is -1.61. The lowest BCUT2D eigenvalue weighted by Gasteiger charge is -2.02. The first kappa shape index (κ1) is 8.97. The minimum atomic E-state index is 0.462. The Morgan fingerprint density at radius 3 is 2.93 bits per heavy atom. The highest BCUT2D eigenvalue weighted by molar-refractivity contribution is 6.35. The molecule has 0 fully saturated rings. The number of aromatic amines is 1. The Labute approximate surface area is 85.7 Å². The number of nitrogens with zero attached hydrogens (tertiary/aromatic N) is 1. The summed E-state index contributed by atoms with van der Waals surface area (Å²) in [6, 6.07) is 5.32. The lowest BCUT2D eigenvalue weighted by Crippen LogP contribution is -1.84. The van der Waals surface area contributed by atoms with E-state index in [0.717, 1.165) is 17.4 Å². The molecule has 70 valence electrons. The summed E-state index contributed by atoms with van der Waals surface area (Å²) in [5.74, 6) is 0. The molecule has 14 heavy (non-hydrogen) atoms. The van der Waals surface area contributed by atoms with E-state index in [4.69, 9.17) is 11.6 Å². The molecule has 1 aromatic carbocycles. The van der Waals surface area contributed by atoms with Gasteiger partial charge in [0.15, 0.2) is 6.29 Å². The summed E-state index contributed by atoms with van der Waals surface area (Å²) in [5, 5.41) is 6.98. The van der Waals surface area contributed by atoms with E-state index in [0.29, 0.717) is 10.6 Å². The summed E-state index contributed by atoms with van der Waals surface area (Å²) < 4.78 is 0. The fourth-order valence-electron chi connectivity index (χ4n) is 1.26. The maximum Gasteiger partial charge on any atom is 0.151 e. The van der Waals surface area contributed by atoms with Crippen LogP contribution in [0.4, 0.5) is 0 Å². The fraction of sp³-hybridized carbons (Fsp3) is 0. The van der Waals surface area contributed by atoms with Crippen LogP contribution in [0.2, 0.25) is 5.02 Å². The summed E-state index contributed by atoms with van der Waals surface area (Å²) in [6.07, 6.45) is 4.14. The van der Waals surface area contributed by atoms with Gasteiger partial charge in [-0.05, 0) is 0 Å². The first-order valence-corrected chi connectivity index (χ1v) is 4.43. The number of carbonyl (C=O) groups is 1. The summed E-state index contributed by atoms with van der Waals surface area (Å²) in [6.45, 7) is 0. The van der Waals surface area contributed by atoms with Gasteiger partial charge in [0.1, 0.15) is 0 Å². The number of carbonyl (C=O) groups excluding carboxylic acids is 1. The van der Waals surface area contributed by atoms with Gasteiger partial charge in [-0.15, -0.1) is 0 Å². The second-order valence-electron chi connectivity index (χ2n) is 2.81. The number of H-pyrrole nitrogens is 1. The minimum absolute atomic E-state index is 0.462. The van der Waals surface area contributed by atoms with Gasteiger partial charge >= 0.3 is 0 Å². The van der Waals surface area contributed by atoms with Crippen LogP contribution < -0.4 is 0 Å². The lowest BCUT2D eigenvalue weighted by atomic mass is 10.1. The Morgan fingerprint density at radius 1 is 1.43 bits per heavy atom. The van der Waals surface area contributed by atoms with Crippen molar-refractivity contribution < 1.29 is 4.79 Å². The average Bonchev–Trinajstić information content (AvgIpc) is 2.71. The van der Waals surface area contributed by atoms with Crippen LogP contribution in [0.5, 0.6) is 0 Å². The molecule has 0 amide bonds. The zero-order valence-electron chi connectivity index (χ0n) is 7.20. The van der Waals surface area contributed by atoms with Gasteiger partial charge in [0, 0.05) is 22.9 Å². The van der Waals surface area contributed by atoms with Crippen LogP contribution in [0.3, 0.4) is 0 Å². The van der Waals surface area contributed by atoms with Crippen molar-refractivity contribution in [2.75, 3.05) is 0 Å². The molecule has 1 heterocycles. The smallest absolute Gasteiger partial charge is 0.151 e. The highest BCUT2D eigenvalue weighted by atomic mass is 35.5. The van der Waals surface area contributed by atoms with Crippen molar-refractivity contribution in [2.45, 2.75) is 0 Å². The van der Waals surface area contributed by atoms with Crippen LogP contribution in [-0.2, 0) is 0 Å². The lowest BCUT2D eigenvalue weighted by molar-refractivity contribution is 0.112. The van der Waals surface area contributed by atoms with Gasteiger partial charge in [0.2, 0.25) is 0 Å². The average molecular weight is 207 g/mol. The Morgan fingerprint density at radius 2 is 2.29 bits per heavy atom. The molecule has 0 saturated carbocycles. The normalized spacial score (nSPS) is 10.1. The molecule has 1 aromatic heterocycles. The van der Waals surface area contributed by atoms with Crippen molar-refractivity contribution in [3.05, 3.63) is 41.2 Å². The van der Waals surface area contributed by atoms with Gasteiger partial charge in [-0.2, -0.15) is 5.10 Å². The maximum atomic E-state index is 10.6. The number of rotatable bonds is 2. The van der Waals surface area contributed by atoms with Crippen molar-refractivity contribution in [1.82, 2.24) is 10.2 Å². The van der Waals surface area contributed by atoms with Crippen molar-refractivity contribution in [2.24, 2.45) is 0 Å². The minimum Gasteiger partial charge on any atom is -0.298 e. The number of hydrogen-bond acceptors (Lipinski definition) is 2. The van der Waals surface area contributed by atoms with Gasteiger partial charge in [0.25, 0.3) is 0 Å². The number of halogens is 1. The number of nitrogens with one attached hydrogen (secondary N) is 1. The van der Waals surface area contributed by atoms with E-state index in [2.05, 4.69) is 10.2 Å². The quantitative estimate of drug-likeness (QED) is 0.768. The van der Waals surface area contributed by atoms with Crippen LogP contribution in [0.1, 0.15) is 10.4 Å². The van der Waals surface area contributed by atoms with Crippen LogP contribution in [0.15, 0.2) is 30.6 Å². The second-order valence-corrected chi connectivity index (χ2v) is 3.19. The van der Waals surface area contributed by atoms with E-state index in [1.165, 1.54) is 0 Å². The summed E-state index contributed by atoms with van der Waals surface area (Å²) in [5.41, 5.74) is 2.18. The van der Waals surface area contributed by atoms with E-state index < -0.39 is 0 Å². The molecule has 2 rings (SSSR count). The molecule has 0 unspecified atom stereocenters. The van der Waals surface area contributed by atoms with Crippen LogP contribution in [0, 0.1) is 0 Å². The topological polar surface area (TPSA) is 45.8 Å². The Kier molecular flexibility index (Phi) is 2.33. The van der Waals surface area contributed by atoms with Crippen molar-refractivity contribution in [3.8, 4) is 11.1 Å². The molecule has 0 aliphatic carbocycles. The van der Waals surface area contributed by atoms with Gasteiger partial charge < -0.3 is 0 Å². The molecular weight excluding hydrogens is 200 g/mol. The summed E-state index contributed by atoms with van der Waals surface area (Å²) in [7, 11) is 0. The molecule has 0 saturated heterocycles. The third kappa shape index (κ3) is 1.42. The molecular formula is C10H7ClN2O. The molecule has 0 spiro atoms. The van der Waals surface area contributed by atoms with Gasteiger partial charge in [0.05, 0.1) is 11.2 Å². The highest BCUT2D eigenvalue weighted by Gasteiger charge is 2.07. The van der Waals surface area contributed by atoms with E-state index >= 15 is 0 Å². The number of hydrogen-bond donors (Lipinski definition) is 1. The fourth-order valence-corrected chi connectivity index (χ4v) is 1.54. The SMILES string of the molecule is O=Cc1cccc(-c2cn[nH]c2)c1Cl. The molecule has 1 N–H and O–H groups in total. The van der Waals surface area contributed by atoms with Gasteiger partial charge in [-0.3, -0.25) is 9.89 Å². The molecule has 3 nitrogen and oxygen atoms in total. The molecule has 4 heteroatoms. The van der Waals surface area contributed by atoms with Crippen LogP contribution >= 0.6 is 11.6 Å². The summed E-state index contributed by atoms with van der Waals surface area (Å²) >= 11 is 6.03. The number of aldehydes is 1. The van der Waals surface area contributed by atoms with Crippen molar-refractivity contribution in [3.63, 3.8) is 0 Å². The predicted molar refractivity (Wildman–Crippen MR) is 54.4 cm³/mol. The largest absolute Gasteiger partial charge is 0.298 e.